The molecule has 0 unspecified atom stereocenters. The van der Waals surface area contributed by atoms with Crippen LogP contribution < -0.4 is 0 Å². The summed E-state index contributed by atoms with van der Waals surface area (Å²) in [7, 11) is 0. The van der Waals surface area contributed by atoms with Gasteiger partial charge in [0, 0.05) is 9.90 Å². The van der Waals surface area contributed by atoms with E-state index in [4.69, 9.17) is 11.6 Å². The van der Waals surface area contributed by atoms with Crippen molar-refractivity contribution in [3.63, 3.8) is 0 Å². The van der Waals surface area contributed by atoms with Crippen molar-refractivity contribution in [2.45, 2.75) is 13.8 Å². The van der Waals surface area contributed by atoms with Crippen LogP contribution in [0.15, 0.2) is 24.3 Å². The average Bonchev–Trinajstić information content (AvgIpc) is 2.57. The van der Waals surface area contributed by atoms with Crippen molar-refractivity contribution in [3.05, 3.63) is 56.0 Å². The molecule has 2 rings (SSSR count). The smallest absolute Gasteiger partial charge is 0.206 e. The van der Waals surface area contributed by atoms with Gasteiger partial charge in [-0.25, -0.2) is 4.39 Å². The number of rotatable bonds is 2. The Labute approximate surface area is 108 Å². The van der Waals surface area contributed by atoms with E-state index >= 15 is 0 Å². The van der Waals surface area contributed by atoms with Gasteiger partial charge in [0.2, 0.25) is 5.78 Å². The van der Waals surface area contributed by atoms with Crippen LogP contribution in [0.4, 0.5) is 4.39 Å². The van der Waals surface area contributed by atoms with E-state index in [2.05, 4.69) is 0 Å². The van der Waals surface area contributed by atoms with Gasteiger partial charge in [-0.2, -0.15) is 0 Å². The lowest BCUT2D eigenvalue weighted by Crippen LogP contribution is -2.03. The fourth-order valence-electron chi connectivity index (χ4n) is 1.66. The van der Waals surface area contributed by atoms with Gasteiger partial charge < -0.3 is 0 Å². The van der Waals surface area contributed by atoms with Crippen LogP contribution in [0.2, 0.25) is 5.02 Å². The fraction of sp³-hybridized carbons (Fsp3) is 0.154. The van der Waals surface area contributed by atoms with Crippen LogP contribution in [0.1, 0.15) is 25.7 Å². The van der Waals surface area contributed by atoms with Crippen LogP contribution in [-0.2, 0) is 0 Å². The molecule has 0 aliphatic carbocycles. The van der Waals surface area contributed by atoms with Crippen LogP contribution in [-0.4, -0.2) is 5.78 Å². The van der Waals surface area contributed by atoms with E-state index in [0.717, 1.165) is 16.5 Å². The number of halogens is 2. The number of thiophene rings is 1. The first-order chi connectivity index (χ1) is 7.99. The maximum atomic E-state index is 13.6. The fourth-order valence-corrected chi connectivity index (χ4v) is 2.80. The minimum Gasteiger partial charge on any atom is -0.288 e. The summed E-state index contributed by atoms with van der Waals surface area (Å²) in [6, 6.07) is 6.03. The van der Waals surface area contributed by atoms with Gasteiger partial charge in [-0.05, 0) is 43.7 Å². The Kier molecular flexibility index (Phi) is 3.31. The van der Waals surface area contributed by atoms with Gasteiger partial charge in [-0.15, -0.1) is 11.3 Å². The van der Waals surface area contributed by atoms with Crippen molar-refractivity contribution >= 4 is 28.7 Å². The summed E-state index contributed by atoms with van der Waals surface area (Å²) in [5, 5.41) is 0.290. The Hall–Kier alpha value is -1.19. The maximum Gasteiger partial charge on any atom is 0.206 e. The van der Waals surface area contributed by atoms with Gasteiger partial charge in [0.25, 0.3) is 0 Å². The van der Waals surface area contributed by atoms with Gasteiger partial charge in [0.15, 0.2) is 0 Å². The van der Waals surface area contributed by atoms with Crippen LogP contribution in [0.5, 0.6) is 0 Å². The van der Waals surface area contributed by atoms with Crippen molar-refractivity contribution in [2.24, 2.45) is 0 Å². The molecule has 4 heteroatoms. The second-order valence-electron chi connectivity index (χ2n) is 3.82. The summed E-state index contributed by atoms with van der Waals surface area (Å²) in [5.74, 6) is -0.859. The molecule has 0 spiro atoms. The molecule has 0 aliphatic rings. The highest BCUT2D eigenvalue weighted by Crippen LogP contribution is 2.25. The summed E-state index contributed by atoms with van der Waals surface area (Å²) in [4.78, 5) is 13.8. The number of carbonyl (C=O) groups is 1. The number of aryl methyl sites for hydroxylation is 2. The highest BCUT2D eigenvalue weighted by molar-refractivity contribution is 7.14. The second-order valence-corrected chi connectivity index (χ2v) is 5.52. The molecular weight excluding hydrogens is 259 g/mol. The van der Waals surface area contributed by atoms with E-state index < -0.39 is 5.82 Å². The van der Waals surface area contributed by atoms with Gasteiger partial charge in [-0.1, -0.05) is 11.6 Å². The number of hydrogen-bond donors (Lipinski definition) is 0. The zero-order valence-electron chi connectivity index (χ0n) is 9.38. The third-order valence-corrected chi connectivity index (χ3v) is 3.81. The first kappa shape index (κ1) is 12.3. The van der Waals surface area contributed by atoms with Crippen molar-refractivity contribution in [1.82, 2.24) is 0 Å². The largest absolute Gasteiger partial charge is 0.288 e. The molecule has 0 fully saturated rings. The van der Waals surface area contributed by atoms with E-state index in [1.54, 1.807) is 0 Å². The number of benzene rings is 1. The van der Waals surface area contributed by atoms with Gasteiger partial charge in [0.1, 0.15) is 5.82 Å². The zero-order chi connectivity index (χ0) is 12.6. The summed E-state index contributed by atoms with van der Waals surface area (Å²) in [6.45, 7) is 3.78. The molecule has 0 radical (unpaired) electrons. The molecular formula is C13H10ClFOS. The van der Waals surface area contributed by atoms with Crippen LogP contribution >= 0.6 is 22.9 Å². The Balaban J connectivity index is 2.47. The van der Waals surface area contributed by atoms with Gasteiger partial charge in [0.05, 0.1) is 10.4 Å². The number of ketones is 1. The summed E-state index contributed by atoms with van der Waals surface area (Å²) < 4.78 is 13.6. The Morgan fingerprint density at radius 2 is 2.00 bits per heavy atom. The molecule has 2 aromatic rings. The molecule has 0 atom stereocenters. The molecule has 1 aromatic heterocycles. The van der Waals surface area contributed by atoms with Crippen molar-refractivity contribution in [2.75, 3.05) is 0 Å². The van der Waals surface area contributed by atoms with Crippen LogP contribution in [0.3, 0.4) is 0 Å². The standard InChI is InChI=1S/C13H10ClFOS/c1-7-5-8(2)17-13(7)12(16)10-4-3-9(14)6-11(10)15/h3-6H,1-2H3. The Morgan fingerprint density at radius 3 is 2.53 bits per heavy atom. The average molecular weight is 269 g/mol. The van der Waals surface area contributed by atoms with Crippen molar-refractivity contribution in [3.8, 4) is 0 Å². The molecule has 0 amide bonds. The molecule has 1 aromatic carbocycles. The topological polar surface area (TPSA) is 17.1 Å². The van der Waals surface area contributed by atoms with E-state index in [9.17, 15) is 9.18 Å². The summed E-state index contributed by atoms with van der Waals surface area (Å²) >= 11 is 7.04. The molecule has 0 saturated carbocycles. The summed E-state index contributed by atoms with van der Waals surface area (Å²) in [5.41, 5.74) is 0.950. The molecule has 1 heterocycles. The normalized spacial score (nSPS) is 10.6. The minimum atomic E-state index is -0.576. The van der Waals surface area contributed by atoms with Crippen LogP contribution in [0.25, 0.3) is 0 Å². The van der Waals surface area contributed by atoms with Crippen molar-refractivity contribution in [1.29, 1.82) is 0 Å². The molecule has 0 N–H and O–H groups in total. The monoisotopic (exact) mass is 268 g/mol. The molecule has 17 heavy (non-hydrogen) atoms. The van der Waals surface area contributed by atoms with E-state index in [-0.39, 0.29) is 16.4 Å². The lowest BCUT2D eigenvalue weighted by atomic mass is 10.1. The highest BCUT2D eigenvalue weighted by Gasteiger charge is 2.18. The molecule has 1 nitrogen and oxygen atoms in total. The van der Waals surface area contributed by atoms with E-state index in [0.29, 0.717) is 4.88 Å². The third-order valence-electron chi connectivity index (χ3n) is 2.42. The van der Waals surface area contributed by atoms with Gasteiger partial charge in [-0.3, -0.25) is 4.79 Å². The predicted molar refractivity (Wildman–Crippen MR) is 68.6 cm³/mol. The van der Waals surface area contributed by atoms with E-state index in [1.807, 2.05) is 19.9 Å². The van der Waals surface area contributed by atoms with Crippen LogP contribution in [0, 0.1) is 19.7 Å². The second kappa shape index (κ2) is 4.59. The Morgan fingerprint density at radius 1 is 1.29 bits per heavy atom. The Bertz CT molecular complexity index is 589. The number of hydrogen-bond acceptors (Lipinski definition) is 2. The molecule has 88 valence electrons. The third kappa shape index (κ3) is 2.40. The van der Waals surface area contributed by atoms with Crippen molar-refractivity contribution < 1.29 is 9.18 Å². The lowest BCUT2D eigenvalue weighted by Gasteiger charge is -2.02. The summed E-state index contributed by atoms with van der Waals surface area (Å²) in [6.07, 6.45) is 0. The maximum absolute atomic E-state index is 13.6. The van der Waals surface area contributed by atoms with E-state index in [1.165, 1.54) is 23.5 Å². The zero-order valence-corrected chi connectivity index (χ0v) is 11.0. The minimum absolute atomic E-state index is 0.0688. The lowest BCUT2D eigenvalue weighted by molar-refractivity contribution is 0.103. The quantitative estimate of drug-likeness (QED) is 0.739. The number of carbonyl (C=O) groups excluding carboxylic acids is 1. The molecule has 0 saturated heterocycles. The SMILES string of the molecule is Cc1cc(C)c(C(=O)c2ccc(Cl)cc2F)s1. The molecule has 0 aliphatic heterocycles. The highest BCUT2D eigenvalue weighted by atomic mass is 35.5. The molecule has 0 bridgehead atoms. The first-order valence-corrected chi connectivity index (χ1v) is 6.25. The predicted octanol–water partition coefficient (Wildman–Crippen LogP) is 4.39. The first-order valence-electron chi connectivity index (χ1n) is 5.06. The van der Waals surface area contributed by atoms with Gasteiger partial charge >= 0.3 is 0 Å².